The largest absolute Gasteiger partial charge is 0.338 e. The number of hydrogen-bond donors (Lipinski definition) is 2. The summed E-state index contributed by atoms with van der Waals surface area (Å²) < 4.78 is 0. The van der Waals surface area contributed by atoms with Crippen molar-refractivity contribution in [3.63, 3.8) is 0 Å². The lowest BCUT2D eigenvalue weighted by atomic mass is 9.48. The van der Waals surface area contributed by atoms with Gasteiger partial charge in [-0.3, -0.25) is 0 Å². The van der Waals surface area contributed by atoms with E-state index in [-0.39, 0.29) is 6.03 Å². The van der Waals surface area contributed by atoms with E-state index in [0.29, 0.717) is 11.5 Å². The second-order valence-corrected chi connectivity index (χ2v) is 7.76. The Hall–Kier alpha value is -0.730. The maximum Gasteiger partial charge on any atom is 0.315 e. The molecule has 4 bridgehead atoms. The van der Waals surface area contributed by atoms with Gasteiger partial charge in [0.2, 0.25) is 0 Å². The van der Waals surface area contributed by atoms with E-state index in [4.69, 9.17) is 0 Å². The molecule has 4 aliphatic carbocycles. The van der Waals surface area contributed by atoms with Gasteiger partial charge in [0.1, 0.15) is 0 Å². The maximum atomic E-state index is 12.0. The van der Waals surface area contributed by atoms with Crippen molar-refractivity contribution < 1.29 is 4.79 Å². The SMILES string of the molecule is CCCCNC(=O)NC(C)C12CC3CC(CC(C3)C1)C2. The van der Waals surface area contributed by atoms with Gasteiger partial charge in [0.25, 0.3) is 0 Å². The summed E-state index contributed by atoms with van der Waals surface area (Å²) in [6, 6.07) is 0.374. The van der Waals surface area contributed by atoms with Gasteiger partial charge in [0, 0.05) is 12.6 Å². The summed E-state index contributed by atoms with van der Waals surface area (Å²) in [6.45, 7) is 5.19. The molecule has 4 rings (SSSR count). The molecule has 4 saturated carbocycles. The normalized spacial score (nSPS) is 39.6. The Labute approximate surface area is 123 Å². The van der Waals surface area contributed by atoms with E-state index in [1.807, 2.05) is 0 Å². The van der Waals surface area contributed by atoms with E-state index in [0.717, 1.165) is 37.1 Å². The van der Waals surface area contributed by atoms with E-state index in [1.165, 1.54) is 38.5 Å². The summed E-state index contributed by atoms with van der Waals surface area (Å²) in [5.74, 6) is 2.86. The van der Waals surface area contributed by atoms with Crippen LogP contribution in [0.1, 0.15) is 65.2 Å². The number of urea groups is 1. The fourth-order valence-electron chi connectivity index (χ4n) is 5.49. The Balaban J connectivity index is 1.56. The van der Waals surface area contributed by atoms with Crippen LogP contribution >= 0.6 is 0 Å². The van der Waals surface area contributed by atoms with Crippen LogP contribution in [0.2, 0.25) is 0 Å². The van der Waals surface area contributed by atoms with Gasteiger partial charge in [0.15, 0.2) is 0 Å². The molecule has 3 nitrogen and oxygen atoms in total. The van der Waals surface area contributed by atoms with Crippen LogP contribution in [0.15, 0.2) is 0 Å². The first-order chi connectivity index (χ1) is 9.61. The van der Waals surface area contributed by atoms with Crippen molar-refractivity contribution in [2.24, 2.45) is 23.2 Å². The Morgan fingerprint density at radius 3 is 2.20 bits per heavy atom. The van der Waals surface area contributed by atoms with Crippen LogP contribution < -0.4 is 10.6 Å². The minimum atomic E-state index is 0.0432. The third-order valence-corrected chi connectivity index (χ3v) is 6.17. The molecule has 3 heteroatoms. The molecule has 0 aromatic heterocycles. The Bertz CT molecular complexity index is 331. The fraction of sp³-hybridized carbons (Fsp3) is 0.941. The third-order valence-electron chi connectivity index (χ3n) is 6.17. The number of amides is 2. The summed E-state index contributed by atoms with van der Waals surface area (Å²) in [5.41, 5.74) is 0.414. The zero-order valence-corrected chi connectivity index (χ0v) is 13.1. The first-order valence-electron chi connectivity index (χ1n) is 8.65. The fourth-order valence-corrected chi connectivity index (χ4v) is 5.49. The van der Waals surface area contributed by atoms with Gasteiger partial charge in [0.05, 0.1) is 0 Å². The maximum absolute atomic E-state index is 12.0. The van der Waals surface area contributed by atoms with E-state index in [2.05, 4.69) is 24.5 Å². The van der Waals surface area contributed by atoms with Gasteiger partial charge >= 0.3 is 6.03 Å². The molecule has 4 fully saturated rings. The van der Waals surface area contributed by atoms with Crippen molar-refractivity contribution in [2.45, 2.75) is 71.3 Å². The third kappa shape index (κ3) is 2.68. The van der Waals surface area contributed by atoms with Crippen LogP contribution in [0.5, 0.6) is 0 Å². The molecule has 0 aliphatic heterocycles. The molecular formula is C17H30N2O. The molecule has 0 spiro atoms. The predicted octanol–water partition coefficient (Wildman–Crippen LogP) is 3.69. The molecule has 0 radical (unpaired) electrons. The average molecular weight is 278 g/mol. The minimum absolute atomic E-state index is 0.0432. The monoisotopic (exact) mass is 278 g/mol. The van der Waals surface area contributed by atoms with Crippen molar-refractivity contribution in [3.05, 3.63) is 0 Å². The quantitative estimate of drug-likeness (QED) is 0.740. The zero-order valence-electron chi connectivity index (χ0n) is 13.1. The Morgan fingerprint density at radius 1 is 1.15 bits per heavy atom. The molecule has 0 aromatic carbocycles. The highest BCUT2D eigenvalue weighted by molar-refractivity contribution is 5.74. The Kier molecular flexibility index (Phi) is 3.96. The first-order valence-corrected chi connectivity index (χ1v) is 8.65. The molecular weight excluding hydrogens is 248 g/mol. The number of unbranched alkanes of at least 4 members (excludes halogenated alkanes) is 1. The van der Waals surface area contributed by atoms with Crippen LogP contribution in [0.25, 0.3) is 0 Å². The molecule has 0 saturated heterocycles. The predicted molar refractivity (Wildman–Crippen MR) is 81.5 cm³/mol. The first kappa shape index (κ1) is 14.2. The molecule has 0 aromatic rings. The molecule has 2 N–H and O–H groups in total. The molecule has 1 unspecified atom stereocenters. The zero-order chi connectivity index (χ0) is 14.2. The van der Waals surface area contributed by atoms with E-state index < -0.39 is 0 Å². The lowest BCUT2D eigenvalue weighted by Gasteiger charge is -2.59. The van der Waals surface area contributed by atoms with Gasteiger partial charge in [-0.15, -0.1) is 0 Å². The van der Waals surface area contributed by atoms with Crippen LogP contribution in [-0.2, 0) is 0 Å². The smallest absolute Gasteiger partial charge is 0.315 e. The Morgan fingerprint density at radius 2 is 1.70 bits per heavy atom. The van der Waals surface area contributed by atoms with Crippen molar-refractivity contribution in [2.75, 3.05) is 6.54 Å². The summed E-state index contributed by atoms with van der Waals surface area (Å²) in [6.07, 6.45) is 10.7. The van der Waals surface area contributed by atoms with Crippen LogP contribution in [0.4, 0.5) is 4.79 Å². The van der Waals surface area contributed by atoms with Crippen molar-refractivity contribution in [3.8, 4) is 0 Å². The molecule has 4 aliphatic rings. The number of carbonyl (C=O) groups excluding carboxylic acids is 1. The highest BCUT2D eigenvalue weighted by atomic mass is 16.2. The van der Waals surface area contributed by atoms with Crippen LogP contribution in [-0.4, -0.2) is 18.6 Å². The van der Waals surface area contributed by atoms with E-state index >= 15 is 0 Å². The highest BCUT2D eigenvalue weighted by Crippen LogP contribution is 2.61. The second-order valence-electron chi connectivity index (χ2n) is 7.76. The molecule has 0 heterocycles. The van der Waals surface area contributed by atoms with Gasteiger partial charge in [-0.2, -0.15) is 0 Å². The average Bonchev–Trinajstić information content (AvgIpc) is 2.37. The lowest BCUT2D eigenvalue weighted by Crippen LogP contribution is -2.57. The van der Waals surface area contributed by atoms with Crippen molar-refractivity contribution >= 4 is 6.03 Å². The van der Waals surface area contributed by atoms with Crippen molar-refractivity contribution in [1.29, 1.82) is 0 Å². The molecule has 1 atom stereocenters. The van der Waals surface area contributed by atoms with Gasteiger partial charge in [-0.05, 0) is 75.0 Å². The van der Waals surface area contributed by atoms with Crippen molar-refractivity contribution in [1.82, 2.24) is 10.6 Å². The van der Waals surface area contributed by atoms with E-state index in [1.54, 1.807) is 0 Å². The van der Waals surface area contributed by atoms with Crippen LogP contribution in [0.3, 0.4) is 0 Å². The molecule has 114 valence electrons. The highest BCUT2D eigenvalue weighted by Gasteiger charge is 2.53. The molecule has 20 heavy (non-hydrogen) atoms. The molecule has 2 amide bonds. The second kappa shape index (κ2) is 5.57. The van der Waals surface area contributed by atoms with Gasteiger partial charge in [-0.25, -0.2) is 4.79 Å². The summed E-state index contributed by atoms with van der Waals surface area (Å²) in [5, 5.41) is 6.24. The topological polar surface area (TPSA) is 41.1 Å². The number of hydrogen-bond acceptors (Lipinski definition) is 1. The number of nitrogens with one attached hydrogen (secondary N) is 2. The minimum Gasteiger partial charge on any atom is -0.338 e. The lowest BCUT2D eigenvalue weighted by molar-refractivity contribution is -0.0682. The summed E-state index contributed by atoms with van der Waals surface area (Å²) >= 11 is 0. The van der Waals surface area contributed by atoms with E-state index in [9.17, 15) is 4.79 Å². The van der Waals surface area contributed by atoms with Gasteiger partial charge in [-0.1, -0.05) is 13.3 Å². The summed E-state index contributed by atoms with van der Waals surface area (Å²) in [4.78, 5) is 12.0. The van der Waals surface area contributed by atoms with Crippen LogP contribution in [0, 0.1) is 23.2 Å². The van der Waals surface area contributed by atoms with Gasteiger partial charge < -0.3 is 10.6 Å². The number of rotatable bonds is 5. The number of carbonyl (C=O) groups is 1. The summed E-state index contributed by atoms with van der Waals surface area (Å²) in [7, 11) is 0. The standard InChI is InChI=1S/C17H30N2O/c1-3-4-5-18-16(20)19-12(2)17-9-13-6-14(10-17)8-15(7-13)11-17/h12-15H,3-11H2,1-2H3,(H2,18,19,20).